The fourth-order valence-electron chi connectivity index (χ4n) is 3.81. The Labute approximate surface area is 205 Å². The molecule has 3 rings (SSSR count). The number of ether oxygens (including phenoxy) is 1. The average Bonchev–Trinajstić information content (AvgIpc) is 2.83. The van der Waals surface area contributed by atoms with Crippen molar-refractivity contribution in [3.05, 3.63) is 59.0 Å². The van der Waals surface area contributed by atoms with E-state index in [1.165, 1.54) is 23.1 Å². The summed E-state index contributed by atoms with van der Waals surface area (Å²) < 4.78 is 19.8. The molecule has 0 aliphatic carbocycles. The van der Waals surface area contributed by atoms with E-state index >= 15 is 0 Å². The summed E-state index contributed by atoms with van der Waals surface area (Å²) in [7, 11) is 1.63. The number of benzene rings is 1. The van der Waals surface area contributed by atoms with Crippen LogP contribution in [0, 0.1) is 29.5 Å². The molecule has 1 aromatic carbocycles. The number of likely N-dealkylation sites (N-methyl/N-ethyl adjacent to an activating group) is 1. The van der Waals surface area contributed by atoms with Crippen LogP contribution >= 0.6 is 0 Å². The van der Waals surface area contributed by atoms with Gasteiger partial charge in [0, 0.05) is 42.8 Å². The minimum Gasteiger partial charge on any atom is -0.472 e. The topological polar surface area (TPSA) is 83.0 Å². The molecule has 186 valence electrons. The minimum absolute atomic E-state index is 0.156. The molecule has 1 aromatic heterocycles. The molecule has 35 heavy (non-hydrogen) atoms. The van der Waals surface area contributed by atoms with Gasteiger partial charge < -0.3 is 19.6 Å². The number of fused-ring (bicyclic) bond motifs is 1. The maximum Gasteiger partial charge on any atom is 0.259 e. The van der Waals surface area contributed by atoms with Gasteiger partial charge in [0.2, 0.25) is 5.88 Å². The van der Waals surface area contributed by atoms with Crippen LogP contribution in [0.4, 0.5) is 4.39 Å². The smallest absolute Gasteiger partial charge is 0.259 e. The molecule has 7 nitrogen and oxygen atoms in total. The van der Waals surface area contributed by atoms with Crippen molar-refractivity contribution in [3.8, 4) is 17.7 Å². The Hall–Kier alpha value is -3.44. The van der Waals surface area contributed by atoms with E-state index < -0.39 is 18.0 Å². The lowest BCUT2D eigenvalue weighted by Crippen LogP contribution is -2.50. The standard InChI is InChI=1S/C27H32FN3O4/c1-17(2)9-10-20-11-23-25(29-13-20)35-24(18(3)14-31(27(23)34)19(4)16-32)15-30(5)26(33)21-7-6-8-22(28)12-21/h6-8,11-13,17-19,24,32H,14-16H2,1-5H3/t18-,19-,24+/m0/s1. The second kappa shape index (κ2) is 11.3. The SMILES string of the molecule is CC(C)C#Cc1cnc2c(c1)C(=O)N([C@@H](C)CO)C[C@H](C)[C@@H](CN(C)C(=O)c1cccc(F)c1)O2. The van der Waals surface area contributed by atoms with Crippen LogP contribution in [0.3, 0.4) is 0 Å². The number of rotatable bonds is 5. The van der Waals surface area contributed by atoms with E-state index in [1.54, 1.807) is 37.2 Å². The number of aromatic nitrogens is 1. The van der Waals surface area contributed by atoms with Crippen LogP contribution in [-0.2, 0) is 0 Å². The number of aliphatic hydroxyl groups excluding tert-OH is 1. The zero-order chi connectivity index (χ0) is 25.7. The number of hydrogen-bond donors (Lipinski definition) is 1. The second-order valence-corrected chi connectivity index (χ2v) is 9.32. The predicted molar refractivity (Wildman–Crippen MR) is 130 cm³/mol. The summed E-state index contributed by atoms with van der Waals surface area (Å²) >= 11 is 0. The fraction of sp³-hybridized carbons (Fsp3) is 0.444. The molecule has 3 atom stereocenters. The number of halogens is 1. The van der Waals surface area contributed by atoms with Gasteiger partial charge in [-0.2, -0.15) is 0 Å². The summed E-state index contributed by atoms with van der Waals surface area (Å²) in [5.74, 6) is 5.10. The van der Waals surface area contributed by atoms with E-state index in [-0.39, 0.29) is 53.8 Å². The van der Waals surface area contributed by atoms with Crippen molar-refractivity contribution in [3.63, 3.8) is 0 Å². The Bertz CT molecular complexity index is 1140. The summed E-state index contributed by atoms with van der Waals surface area (Å²) in [5, 5.41) is 9.79. The van der Waals surface area contributed by atoms with Crippen molar-refractivity contribution >= 4 is 11.8 Å². The van der Waals surface area contributed by atoms with Crippen LogP contribution < -0.4 is 4.74 Å². The van der Waals surface area contributed by atoms with E-state index in [4.69, 9.17) is 4.74 Å². The van der Waals surface area contributed by atoms with Crippen LogP contribution in [0.15, 0.2) is 36.5 Å². The Morgan fingerprint density at radius 2 is 2.09 bits per heavy atom. The fourth-order valence-corrected chi connectivity index (χ4v) is 3.81. The van der Waals surface area contributed by atoms with Crippen molar-refractivity contribution in [2.24, 2.45) is 11.8 Å². The van der Waals surface area contributed by atoms with Crippen LogP contribution in [-0.4, -0.2) is 70.6 Å². The number of pyridine rings is 1. The molecule has 2 aromatic rings. The highest BCUT2D eigenvalue weighted by atomic mass is 19.1. The summed E-state index contributed by atoms with van der Waals surface area (Å²) in [5.41, 5.74) is 1.09. The van der Waals surface area contributed by atoms with Gasteiger partial charge in [-0.1, -0.05) is 38.7 Å². The lowest BCUT2D eigenvalue weighted by atomic mass is 9.99. The molecule has 0 saturated heterocycles. The average molecular weight is 482 g/mol. The zero-order valence-corrected chi connectivity index (χ0v) is 20.8. The Balaban J connectivity index is 1.95. The molecule has 0 spiro atoms. The van der Waals surface area contributed by atoms with Crippen molar-refractivity contribution < 1.29 is 23.8 Å². The third kappa shape index (κ3) is 6.37. The maximum atomic E-state index is 13.6. The molecule has 1 aliphatic rings. The van der Waals surface area contributed by atoms with Gasteiger partial charge in [-0.15, -0.1) is 0 Å². The first kappa shape index (κ1) is 26.2. The van der Waals surface area contributed by atoms with Crippen LogP contribution in [0.2, 0.25) is 0 Å². The monoisotopic (exact) mass is 481 g/mol. The normalized spacial score (nSPS) is 18.5. The highest BCUT2D eigenvalue weighted by Crippen LogP contribution is 2.27. The van der Waals surface area contributed by atoms with E-state index in [1.807, 2.05) is 20.8 Å². The molecule has 1 aliphatic heterocycles. The molecule has 2 heterocycles. The van der Waals surface area contributed by atoms with E-state index in [2.05, 4.69) is 16.8 Å². The van der Waals surface area contributed by atoms with Gasteiger partial charge in [0.05, 0.1) is 19.2 Å². The molecular formula is C27H32FN3O4. The number of carbonyl (C=O) groups excluding carboxylic acids is 2. The van der Waals surface area contributed by atoms with E-state index in [0.29, 0.717) is 12.1 Å². The Morgan fingerprint density at radius 1 is 1.34 bits per heavy atom. The zero-order valence-electron chi connectivity index (χ0n) is 20.8. The first-order chi connectivity index (χ1) is 16.6. The highest BCUT2D eigenvalue weighted by Gasteiger charge is 2.34. The number of nitrogens with zero attached hydrogens (tertiary/aromatic N) is 3. The lowest BCUT2D eigenvalue weighted by molar-refractivity contribution is 0.0313. The van der Waals surface area contributed by atoms with Gasteiger partial charge in [0.25, 0.3) is 11.8 Å². The van der Waals surface area contributed by atoms with E-state index in [0.717, 1.165) is 0 Å². The third-order valence-corrected chi connectivity index (χ3v) is 5.90. The molecule has 0 unspecified atom stereocenters. The Morgan fingerprint density at radius 3 is 2.74 bits per heavy atom. The molecule has 0 saturated carbocycles. The summed E-state index contributed by atoms with van der Waals surface area (Å²) in [6.45, 7) is 7.95. The van der Waals surface area contributed by atoms with Gasteiger partial charge >= 0.3 is 0 Å². The first-order valence-corrected chi connectivity index (χ1v) is 11.7. The van der Waals surface area contributed by atoms with Crippen LogP contribution in [0.25, 0.3) is 0 Å². The molecule has 0 fully saturated rings. The van der Waals surface area contributed by atoms with Crippen molar-refractivity contribution in [2.75, 3.05) is 26.7 Å². The van der Waals surface area contributed by atoms with Gasteiger partial charge in [-0.25, -0.2) is 9.37 Å². The molecular weight excluding hydrogens is 449 g/mol. The largest absolute Gasteiger partial charge is 0.472 e. The Kier molecular flexibility index (Phi) is 8.47. The van der Waals surface area contributed by atoms with Crippen molar-refractivity contribution in [1.82, 2.24) is 14.8 Å². The van der Waals surface area contributed by atoms with Gasteiger partial charge in [-0.3, -0.25) is 9.59 Å². The molecule has 8 heteroatoms. The maximum absolute atomic E-state index is 13.6. The summed E-state index contributed by atoms with van der Waals surface area (Å²) in [6, 6.07) is 6.77. The minimum atomic E-state index is -0.502. The summed E-state index contributed by atoms with van der Waals surface area (Å²) in [6.07, 6.45) is 1.06. The van der Waals surface area contributed by atoms with Crippen molar-refractivity contribution in [1.29, 1.82) is 0 Å². The van der Waals surface area contributed by atoms with Crippen LogP contribution in [0.5, 0.6) is 5.88 Å². The number of carbonyl (C=O) groups is 2. The molecule has 2 amide bonds. The molecule has 0 bridgehead atoms. The highest BCUT2D eigenvalue weighted by molar-refractivity contribution is 5.97. The number of hydrogen-bond acceptors (Lipinski definition) is 5. The molecule has 0 radical (unpaired) electrons. The number of aliphatic hydroxyl groups is 1. The first-order valence-electron chi connectivity index (χ1n) is 11.7. The molecule has 1 N–H and O–H groups in total. The summed E-state index contributed by atoms with van der Waals surface area (Å²) in [4.78, 5) is 33.8. The van der Waals surface area contributed by atoms with Gasteiger partial charge in [-0.05, 0) is 31.2 Å². The van der Waals surface area contributed by atoms with Gasteiger partial charge in [0.15, 0.2) is 0 Å². The lowest BCUT2D eigenvalue weighted by Gasteiger charge is -2.37. The van der Waals surface area contributed by atoms with E-state index in [9.17, 15) is 19.1 Å². The second-order valence-electron chi connectivity index (χ2n) is 9.32. The van der Waals surface area contributed by atoms with Crippen molar-refractivity contribution in [2.45, 2.75) is 39.8 Å². The predicted octanol–water partition coefficient (Wildman–Crippen LogP) is 3.22. The number of amides is 2. The third-order valence-electron chi connectivity index (χ3n) is 5.90. The van der Waals surface area contributed by atoms with Gasteiger partial charge in [0.1, 0.15) is 17.5 Å². The van der Waals surface area contributed by atoms with Crippen LogP contribution in [0.1, 0.15) is 54.0 Å². The quantitative estimate of drug-likeness (QED) is 0.663.